The second-order valence-electron chi connectivity index (χ2n) is 6.75. The molecule has 3 atom stereocenters. The molecule has 0 fully saturated rings. The van der Waals surface area contributed by atoms with Gasteiger partial charge in [0.15, 0.2) is 5.78 Å². The Bertz CT molecular complexity index is 750. The lowest BCUT2D eigenvalue weighted by Crippen LogP contribution is -2.28. The molecule has 25 heavy (non-hydrogen) atoms. The summed E-state index contributed by atoms with van der Waals surface area (Å²) < 4.78 is 0. The molecular weight excluding hydrogens is 310 g/mol. The van der Waals surface area contributed by atoms with Crippen LogP contribution < -0.4 is 5.32 Å². The number of hydrogen-bond acceptors (Lipinski definition) is 3. The molecule has 130 valence electrons. The number of allylic oxidation sites excluding steroid dienone is 1. The number of rotatable bonds is 6. The summed E-state index contributed by atoms with van der Waals surface area (Å²) >= 11 is 0. The Morgan fingerprint density at radius 2 is 1.64 bits per heavy atom. The van der Waals surface area contributed by atoms with Crippen molar-refractivity contribution < 1.29 is 9.90 Å². The van der Waals surface area contributed by atoms with Crippen molar-refractivity contribution in [1.29, 1.82) is 0 Å². The summed E-state index contributed by atoms with van der Waals surface area (Å²) in [4.78, 5) is 13.0. The maximum Gasteiger partial charge on any atom is 0.190 e. The molecule has 1 aliphatic carbocycles. The van der Waals surface area contributed by atoms with Gasteiger partial charge in [0.25, 0.3) is 0 Å². The normalized spacial score (nSPS) is 19.6. The van der Waals surface area contributed by atoms with Gasteiger partial charge < -0.3 is 10.4 Å². The fourth-order valence-electron chi connectivity index (χ4n) is 3.54. The Labute approximate surface area is 149 Å². The third-order valence-electron chi connectivity index (χ3n) is 4.97. The average Bonchev–Trinajstić information content (AvgIpc) is 3.06. The third kappa shape index (κ3) is 3.83. The average molecular weight is 335 g/mol. The van der Waals surface area contributed by atoms with E-state index >= 15 is 0 Å². The molecule has 0 bridgehead atoms. The van der Waals surface area contributed by atoms with Gasteiger partial charge in [-0.05, 0) is 32.3 Å². The molecule has 0 amide bonds. The van der Waals surface area contributed by atoms with Gasteiger partial charge in [-0.1, -0.05) is 60.7 Å². The first kappa shape index (κ1) is 17.4. The van der Waals surface area contributed by atoms with Crippen molar-refractivity contribution in [3.8, 4) is 0 Å². The van der Waals surface area contributed by atoms with Crippen molar-refractivity contribution in [2.45, 2.75) is 38.8 Å². The molecule has 0 aromatic heterocycles. The molecule has 0 spiro atoms. The molecule has 2 aromatic rings. The Balaban J connectivity index is 1.92. The lowest BCUT2D eigenvalue weighted by molar-refractivity contribution is 0.103. The predicted molar refractivity (Wildman–Crippen MR) is 100 cm³/mol. The highest BCUT2D eigenvalue weighted by molar-refractivity contribution is 6.09. The van der Waals surface area contributed by atoms with Crippen molar-refractivity contribution in [1.82, 2.24) is 5.32 Å². The first-order valence-corrected chi connectivity index (χ1v) is 8.90. The van der Waals surface area contributed by atoms with Gasteiger partial charge in [-0.15, -0.1) is 0 Å². The van der Waals surface area contributed by atoms with Crippen LogP contribution in [0.2, 0.25) is 0 Å². The summed E-state index contributed by atoms with van der Waals surface area (Å²) in [5, 5.41) is 13.7. The highest BCUT2D eigenvalue weighted by atomic mass is 16.3. The van der Waals surface area contributed by atoms with Crippen LogP contribution in [0.3, 0.4) is 0 Å². The zero-order chi connectivity index (χ0) is 17.8. The van der Waals surface area contributed by atoms with Gasteiger partial charge in [0, 0.05) is 28.8 Å². The standard InChI is InChI=1S/C22H25NO2/c1-15(17-9-5-3-6-10-17)23-21-19(16(2)24)13-14-20(21)22(25)18-11-7-4-8-12-18/h3-12,15-16,19,23-24H,13-14H2,1-2H3/t15-,16-,19-/m1/s1. The topological polar surface area (TPSA) is 49.3 Å². The van der Waals surface area contributed by atoms with Gasteiger partial charge in [-0.3, -0.25) is 4.79 Å². The first-order chi connectivity index (χ1) is 12.1. The van der Waals surface area contributed by atoms with Crippen molar-refractivity contribution in [2.24, 2.45) is 5.92 Å². The van der Waals surface area contributed by atoms with Gasteiger partial charge >= 0.3 is 0 Å². The number of ketones is 1. The van der Waals surface area contributed by atoms with Gasteiger partial charge in [-0.25, -0.2) is 0 Å². The van der Waals surface area contributed by atoms with Crippen molar-refractivity contribution in [3.05, 3.63) is 83.1 Å². The lowest BCUT2D eigenvalue weighted by Gasteiger charge is -2.24. The highest BCUT2D eigenvalue weighted by Gasteiger charge is 2.33. The number of aliphatic hydroxyl groups is 1. The Kier molecular flexibility index (Phi) is 5.34. The smallest absolute Gasteiger partial charge is 0.190 e. The van der Waals surface area contributed by atoms with E-state index < -0.39 is 6.10 Å². The molecule has 0 aliphatic heterocycles. The van der Waals surface area contributed by atoms with Crippen molar-refractivity contribution in [3.63, 3.8) is 0 Å². The maximum absolute atomic E-state index is 13.0. The van der Waals surface area contributed by atoms with E-state index in [0.717, 1.165) is 23.3 Å². The predicted octanol–water partition coefficient (Wildman–Crippen LogP) is 4.27. The number of nitrogens with one attached hydrogen (secondary N) is 1. The van der Waals surface area contributed by atoms with E-state index in [1.165, 1.54) is 0 Å². The van der Waals surface area contributed by atoms with Crippen LogP contribution in [-0.4, -0.2) is 17.0 Å². The summed E-state index contributed by atoms with van der Waals surface area (Å²) in [6, 6.07) is 19.6. The number of carbonyl (C=O) groups is 1. The molecule has 0 radical (unpaired) electrons. The van der Waals surface area contributed by atoms with Gasteiger partial charge in [-0.2, -0.15) is 0 Å². The van der Waals surface area contributed by atoms with Gasteiger partial charge in [0.1, 0.15) is 0 Å². The van der Waals surface area contributed by atoms with E-state index in [0.29, 0.717) is 12.0 Å². The van der Waals surface area contributed by atoms with Crippen molar-refractivity contribution in [2.75, 3.05) is 0 Å². The zero-order valence-corrected chi connectivity index (χ0v) is 14.8. The largest absolute Gasteiger partial charge is 0.393 e. The van der Waals surface area contributed by atoms with E-state index in [9.17, 15) is 9.90 Å². The summed E-state index contributed by atoms with van der Waals surface area (Å²) in [5.41, 5.74) is 3.58. The van der Waals surface area contributed by atoms with E-state index in [1.807, 2.05) is 48.5 Å². The van der Waals surface area contributed by atoms with Crippen LogP contribution in [0.4, 0.5) is 0 Å². The summed E-state index contributed by atoms with van der Waals surface area (Å²) in [6.07, 6.45) is 1.02. The maximum atomic E-state index is 13.0. The third-order valence-corrected chi connectivity index (χ3v) is 4.97. The van der Waals surface area contributed by atoms with Crippen molar-refractivity contribution >= 4 is 5.78 Å². The molecule has 0 saturated carbocycles. The van der Waals surface area contributed by atoms with Crippen LogP contribution in [0.5, 0.6) is 0 Å². The van der Waals surface area contributed by atoms with Gasteiger partial charge in [0.05, 0.1) is 6.10 Å². The molecule has 0 saturated heterocycles. The number of hydrogen-bond donors (Lipinski definition) is 2. The number of benzene rings is 2. The van der Waals surface area contributed by atoms with E-state index in [2.05, 4.69) is 24.4 Å². The number of Topliss-reactive ketones (excluding diaryl/α,β-unsaturated/α-hetero) is 1. The second kappa shape index (κ2) is 7.66. The monoisotopic (exact) mass is 335 g/mol. The summed E-state index contributed by atoms with van der Waals surface area (Å²) in [6.45, 7) is 3.89. The van der Waals surface area contributed by atoms with E-state index in [4.69, 9.17) is 0 Å². The summed E-state index contributed by atoms with van der Waals surface area (Å²) in [7, 11) is 0. The quantitative estimate of drug-likeness (QED) is 0.775. The minimum absolute atomic E-state index is 0.0196. The lowest BCUT2D eigenvalue weighted by atomic mass is 9.97. The molecule has 2 aromatic carbocycles. The fourth-order valence-corrected chi connectivity index (χ4v) is 3.54. The van der Waals surface area contributed by atoms with Crippen LogP contribution >= 0.6 is 0 Å². The Morgan fingerprint density at radius 3 is 2.24 bits per heavy atom. The van der Waals surface area contributed by atoms with E-state index in [1.54, 1.807) is 6.92 Å². The molecule has 1 aliphatic rings. The molecule has 0 unspecified atom stereocenters. The van der Waals surface area contributed by atoms with Crippen LogP contribution in [-0.2, 0) is 0 Å². The Morgan fingerprint density at radius 1 is 1.04 bits per heavy atom. The molecule has 2 N–H and O–H groups in total. The SMILES string of the molecule is C[C@@H](NC1=C(C(=O)c2ccccc2)CC[C@@H]1[C@@H](C)O)c1ccccc1. The second-order valence-corrected chi connectivity index (χ2v) is 6.75. The minimum atomic E-state index is -0.480. The number of aliphatic hydroxyl groups excluding tert-OH is 1. The van der Waals surface area contributed by atoms with Gasteiger partial charge in [0.2, 0.25) is 0 Å². The van der Waals surface area contributed by atoms with Crippen LogP contribution in [0.25, 0.3) is 0 Å². The minimum Gasteiger partial charge on any atom is -0.393 e. The highest BCUT2D eigenvalue weighted by Crippen LogP contribution is 2.36. The van der Waals surface area contributed by atoms with Crippen LogP contribution in [0.1, 0.15) is 48.7 Å². The van der Waals surface area contributed by atoms with E-state index in [-0.39, 0.29) is 17.7 Å². The first-order valence-electron chi connectivity index (χ1n) is 8.90. The number of carbonyl (C=O) groups excluding carboxylic acids is 1. The molecule has 3 heteroatoms. The molecular formula is C22H25NO2. The summed E-state index contributed by atoms with van der Waals surface area (Å²) in [5.74, 6) is 0.0420. The molecule has 3 nitrogen and oxygen atoms in total. The van der Waals surface area contributed by atoms with Crippen LogP contribution in [0.15, 0.2) is 71.9 Å². The molecule has 0 heterocycles. The molecule has 3 rings (SSSR count). The zero-order valence-electron chi connectivity index (χ0n) is 14.8. The Hall–Kier alpha value is -2.39. The fraction of sp³-hybridized carbons (Fsp3) is 0.318. The van der Waals surface area contributed by atoms with Crippen LogP contribution in [0, 0.1) is 5.92 Å².